The summed E-state index contributed by atoms with van der Waals surface area (Å²) in [6.07, 6.45) is -2.77. The van der Waals surface area contributed by atoms with Gasteiger partial charge in [0.1, 0.15) is 13.1 Å². The van der Waals surface area contributed by atoms with Gasteiger partial charge in [0.15, 0.2) is 6.34 Å². The van der Waals surface area contributed by atoms with E-state index in [1.807, 2.05) is 30.3 Å². The molecule has 0 saturated heterocycles. The molecule has 0 aliphatic carbocycles. The van der Waals surface area contributed by atoms with Crippen LogP contribution in [0.2, 0.25) is 0 Å². The highest BCUT2D eigenvalue weighted by Gasteiger charge is 2.45. The summed E-state index contributed by atoms with van der Waals surface area (Å²) < 4.78 is 16.9. The van der Waals surface area contributed by atoms with Crippen LogP contribution in [-0.2, 0) is 11.8 Å². The van der Waals surface area contributed by atoms with Gasteiger partial charge in [-0.15, -0.1) is 9.96 Å². The number of rotatable bonds is 15. The highest BCUT2D eigenvalue weighted by atomic mass is 32.4. The van der Waals surface area contributed by atoms with Crippen molar-refractivity contribution in [3.8, 4) is 5.75 Å². The minimum atomic E-state index is -2.77. The molecule has 0 unspecified atom stereocenters. The molecule has 0 aliphatic heterocycles. The normalized spacial score (nSPS) is 14.3. The van der Waals surface area contributed by atoms with Crippen molar-refractivity contribution in [3.05, 3.63) is 30.3 Å². The number of ether oxygens (including phenoxy) is 1. The summed E-state index contributed by atoms with van der Waals surface area (Å²) in [7, 11) is -2.34. The van der Waals surface area contributed by atoms with Crippen molar-refractivity contribution >= 4 is 31.1 Å². The summed E-state index contributed by atoms with van der Waals surface area (Å²) in [6.45, 7) is 38.3. The number of hydrogen-bond acceptors (Lipinski definition) is 3. The first-order valence-electron chi connectivity index (χ1n) is 15.9. The van der Waals surface area contributed by atoms with E-state index in [2.05, 4.69) is 136 Å². The quantitative estimate of drug-likeness (QED) is 0.0822. The Bertz CT molecular complexity index is 1010. The first-order valence-corrected chi connectivity index (χ1v) is 20.7. The monoisotopic (exact) mass is 642 g/mol. The molecule has 0 radical (unpaired) electrons. The predicted molar refractivity (Wildman–Crippen MR) is 193 cm³/mol. The lowest BCUT2D eigenvalue weighted by molar-refractivity contribution is 0.251. The molecule has 1 aromatic rings. The van der Waals surface area contributed by atoms with E-state index in [0.29, 0.717) is 5.64 Å². The fourth-order valence-corrected chi connectivity index (χ4v) is 17.0. The molecule has 0 heterocycles. The molecule has 0 fully saturated rings. The molecule has 1 rings (SSSR count). The van der Waals surface area contributed by atoms with E-state index in [0.717, 1.165) is 5.75 Å². The van der Waals surface area contributed by atoms with E-state index in [1.54, 1.807) is 0 Å². The van der Waals surface area contributed by atoms with Crippen LogP contribution in [0.4, 0.5) is 0 Å². The summed E-state index contributed by atoms with van der Waals surface area (Å²) in [6, 6.07) is 11.9. The molecule has 0 saturated carbocycles. The average molecular weight is 643 g/mol. The van der Waals surface area contributed by atoms with Crippen LogP contribution in [0.1, 0.15) is 111 Å². The Labute approximate surface area is 265 Å². The van der Waals surface area contributed by atoms with Gasteiger partial charge in [-0.05, 0) is 130 Å². The Balaban J connectivity index is 4.43. The second kappa shape index (κ2) is 16.6. The lowest BCUT2D eigenvalue weighted by Crippen LogP contribution is -2.48. The summed E-state index contributed by atoms with van der Waals surface area (Å²) in [5.74, 6) is 0.731. The highest BCUT2D eigenvalue weighted by molar-refractivity contribution is 8.20. The van der Waals surface area contributed by atoms with E-state index in [4.69, 9.17) is 26.5 Å². The fraction of sp³-hybridized carbons (Fsp3) is 0.781. The Morgan fingerprint density at radius 2 is 0.881 bits per heavy atom. The lowest BCUT2D eigenvalue weighted by Gasteiger charge is -2.50. The van der Waals surface area contributed by atoms with Gasteiger partial charge in [0.05, 0.1) is 0 Å². The molecule has 0 aromatic heterocycles. The smallest absolute Gasteiger partial charge is 0.275 e. The third-order valence-electron chi connectivity index (χ3n) is 7.23. The molecule has 0 atom stereocenters. The molecule has 42 heavy (non-hydrogen) atoms. The summed E-state index contributed by atoms with van der Waals surface area (Å²) >= 11 is 6.93. The molecule has 1 aromatic carbocycles. The van der Waals surface area contributed by atoms with Crippen LogP contribution in [0.3, 0.4) is 0 Å². The van der Waals surface area contributed by atoms with Crippen LogP contribution in [0.5, 0.6) is 5.75 Å². The first kappa shape index (κ1) is 39.4. The third kappa shape index (κ3) is 9.22. The number of nitrogens with zero attached hydrogens (tertiary/aromatic N) is 6. The molecule has 0 N–H and O–H groups in total. The standard InChI is InChI=1S/C32H64N6OP2S/c1-23(2)35(24(3)4)40(17,36(25(5)6)26(7)8)34-33-32(39-31-21-19-18-20-22-31)41(42,37(27(9)10)28(11)12)38(29(13)14)30(15)16/h18-30H,1-17H3/b33-32+. The van der Waals surface area contributed by atoms with Gasteiger partial charge in [0, 0.05) is 48.3 Å². The molecular weight excluding hydrogens is 578 g/mol. The van der Waals surface area contributed by atoms with Gasteiger partial charge in [0.2, 0.25) is 0 Å². The molecule has 0 spiro atoms. The zero-order valence-corrected chi connectivity index (χ0v) is 32.5. The van der Waals surface area contributed by atoms with Gasteiger partial charge < -0.3 is 4.74 Å². The van der Waals surface area contributed by atoms with Gasteiger partial charge in [-0.25, -0.2) is 0 Å². The maximum absolute atomic E-state index is 6.93. The van der Waals surface area contributed by atoms with Crippen LogP contribution in [0.15, 0.2) is 40.3 Å². The van der Waals surface area contributed by atoms with Gasteiger partial charge in [0.25, 0.3) is 5.64 Å². The van der Waals surface area contributed by atoms with E-state index in [9.17, 15) is 0 Å². The molecule has 244 valence electrons. The van der Waals surface area contributed by atoms with Crippen molar-refractivity contribution in [3.63, 3.8) is 0 Å². The summed E-state index contributed by atoms with van der Waals surface area (Å²) in [5.41, 5.74) is 0.541. The van der Waals surface area contributed by atoms with E-state index in [1.165, 1.54) is 0 Å². The highest BCUT2D eigenvalue weighted by Crippen LogP contribution is 2.61. The van der Waals surface area contributed by atoms with Crippen LogP contribution < -0.4 is 4.74 Å². The Morgan fingerprint density at radius 3 is 1.17 bits per heavy atom. The minimum absolute atomic E-state index is 0.187. The van der Waals surface area contributed by atoms with Crippen molar-refractivity contribution in [1.29, 1.82) is 0 Å². The molecule has 0 bridgehead atoms. The molecular formula is C32H64N6OP2S. The van der Waals surface area contributed by atoms with Crippen molar-refractivity contribution in [1.82, 2.24) is 18.7 Å². The maximum atomic E-state index is 6.93. The lowest BCUT2D eigenvalue weighted by atomic mass is 10.3. The Kier molecular flexibility index (Phi) is 15.6. The van der Waals surface area contributed by atoms with Gasteiger partial charge >= 0.3 is 0 Å². The average Bonchev–Trinajstić information content (AvgIpc) is 2.80. The molecule has 7 nitrogen and oxygen atoms in total. The van der Waals surface area contributed by atoms with E-state index in [-0.39, 0.29) is 48.3 Å². The number of para-hydroxylation sites is 1. The topological polar surface area (TPSA) is 46.9 Å². The minimum Gasteiger partial charge on any atom is -0.435 e. The van der Waals surface area contributed by atoms with Gasteiger partial charge in [-0.2, -0.15) is 0 Å². The van der Waals surface area contributed by atoms with Crippen molar-refractivity contribution in [2.45, 2.75) is 159 Å². The number of benzene rings is 1. The second-order valence-corrected chi connectivity index (χ2v) is 20.3. The van der Waals surface area contributed by atoms with Crippen molar-refractivity contribution in [2.75, 3.05) is 6.66 Å². The van der Waals surface area contributed by atoms with Gasteiger partial charge in [-0.1, -0.05) is 30.0 Å². The fourth-order valence-electron chi connectivity index (χ4n) is 6.77. The summed E-state index contributed by atoms with van der Waals surface area (Å²) in [5, 5.41) is 5.25. The molecule has 0 aliphatic rings. The second-order valence-electron chi connectivity index (χ2n) is 13.6. The number of hydrogen-bond donors (Lipinski definition) is 0. The Morgan fingerprint density at radius 1 is 0.571 bits per heavy atom. The first-order chi connectivity index (χ1) is 19.2. The Hall–Kier alpha value is -0.590. The van der Waals surface area contributed by atoms with Crippen LogP contribution in [0, 0.1) is 0 Å². The third-order valence-corrected chi connectivity index (χ3v) is 16.6. The zero-order valence-electron chi connectivity index (χ0n) is 29.9. The van der Waals surface area contributed by atoms with E-state index >= 15 is 0 Å². The van der Waals surface area contributed by atoms with Crippen LogP contribution in [-0.4, -0.2) is 79.3 Å². The SMILES string of the molecule is CC(C)N(C(C)C)P(=S)(/C(=N/N=P(C)(N(C(C)C)C(C)C)N(C(C)C)C(C)C)Oc1ccccc1)N(C(C)C)C(C)C. The predicted octanol–water partition coefficient (Wildman–Crippen LogP) is 9.78. The van der Waals surface area contributed by atoms with Crippen molar-refractivity contribution < 1.29 is 4.74 Å². The summed E-state index contributed by atoms with van der Waals surface area (Å²) in [4.78, 5) is 5.44. The van der Waals surface area contributed by atoms with E-state index < -0.39 is 13.7 Å². The van der Waals surface area contributed by atoms with Gasteiger partial charge in [-0.3, -0.25) is 18.7 Å². The molecule has 10 heteroatoms. The zero-order chi connectivity index (χ0) is 32.7. The maximum Gasteiger partial charge on any atom is 0.275 e. The van der Waals surface area contributed by atoms with Crippen LogP contribution >= 0.6 is 13.7 Å². The van der Waals surface area contributed by atoms with Crippen LogP contribution in [0.25, 0.3) is 0 Å². The largest absolute Gasteiger partial charge is 0.435 e. The molecule has 0 amide bonds. The van der Waals surface area contributed by atoms with Crippen molar-refractivity contribution in [2.24, 2.45) is 9.96 Å².